The number of rotatable bonds is 6. The predicted octanol–water partition coefficient (Wildman–Crippen LogP) is 2.36. The molecule has 0 saturated carbocycles. The highest BCUT2D eigenvalue weighted by atomic mass is 19.1. The molecule has 0 spiro atoms. The largest absolute Gasteiger partial charge is 0.368 e. The number of hydrogen-bond donors (Lipinski definition) is 3. The number of halogens is 2. The Balaban J connectivity index is 1.80. The summed E-state index contributed by atoms with van der Waals surface area (Å²) in [5.41, 5.74) is 0.0463. The SMILES string of the molecule is Cc1nc(NCCNC(=O)Nc2cc(F)cc(F)c2)cc(N(C)C)n1. The molecule has 2 rings (SSSR count). The van der Waals surface area contributed by atoms with E-state index in [4.69, 9.17) is 0 Å². The van der Waals surface area contributed by atoms with E-state index in [1.807, 2.05) is 19.0 Å². The molecule has 3 N–H and O–H groups in total. The number of nitrogens with zero attached hydrogens (tertiary/aromatic N) is 3. The zero-order valence-corrected chi connectivity index (χ0v) is 14.2. The van der Waals surface area contributed by atoms with E-state index in [1.54, 1.807) is 13.0 Å². The lowest BCUT2D eigenvalue weighted by Gasteiger charge is -2.14. The first-order chi connectivity index (χ1) is 11.8. The second-order valence-electron chi connectivity index (χ2n) is 5.52. The molecule has 0 aliphatic carbocycles. The summed E-state index contributed by atoms with van der Waals surface area (Å²) < 4.78 is 26.1. The average molecular weight is 350 g/mol. The van der Waals surface area contributed by atoms with E-state index in [0.29, 0.717) is 24.7 Å². The number of aromatic nitrogens is 2. The zero-order chi connectivity index (χ0) is 18.4. The van der Waals surface area contributed by atoms with Gasteiger partial charge in [-0.3, -0.25) is 0 Å². The standard InChI is InChI=1S/C16H20F2N6O/c1-10-21-14(9-15(22-10)24(2)3)19-4-5-20-16(25)23-13-7-11(17)6-12(18)8-13/h6-9H,4-5H2,1-3H3,(H,19,21,22)(H2,20,23,25). The normalized spacial score (nSPS) is 10.3. The van der Waals surface area contributed by atoms with Gasteiger partial charge in [-0.1, -0.05) is 0 Å². The maximum atomic E-state index is 13.1. The van der Waals surface area contributed by atoms with Crippen molar-refractivity contribution in [2.75, 3.05) is 42.7 Å². The molecule has 1 aromatic heterocycles. The monoisotopic (exact) mass is 350 g/mol. The first-order valence-electron chi connectivity index (χ1n) is 7.61. The summed E-state index contributed by atoms with van der Waals surface area (Å²) in [4.78, 5) is 22.1. The maximum absolute atomic E-state index is 13.1. The molecule has 1 aromatic carbocycles. The topological polar surface area (TPSA) is 82.2 Å². The van der Waals surface area contributed by atoms with E-state index in [-0.39, 0.29) is 5.69 Å². The van der Waals surface area contributed by atoms with Gasteiger partial charge in [0, 0.05) is 45.0 Å². The summed E-state index contributed by atoms with van der Waals surface area (Å²) in [6.07, 6.45) is 0. The highest BCUT2D eigenvalue weighted by molar-refractivity contribution is 5.89. The van der Waals surface area contributed by atoms with Gasteiger partial charge in [-0.05, 0) is 19.1 Å². The Bertz CT molecular complexity index is 733. The van der Waals surface area contributed by atoms with E-state index in [2.05, 4.69) is 25.9 Å². The molecule has 2 amide bonds. The summed E-state index contributed by atoms with van der Waals surface area (Å²) in [6, 6.07) is 4.04. The maximum Gasteiger partial charge on any atom is 0.319 e. The molecule has 0 bridgehead atoms. The zero-order valence-electron chi connectivity index (χ0n) is 14.2. The molecule has 0 unspecified atom stereocenters. The van der Waals surface area contributed by atoms with E-state index >= 15 is 0 Å². The van der Waals surface area contributed by atoms with E-state index < -0.39 is 17.7 Å². The first kappa shape index (κ1) is 18.4. The van der Waals surface area contributed by atoms with Crippen molar-refractivity contribution in [1.82, 2.24) is 15.3 Å². The molecule has 25 heavy (non-hydrogen) atoms. The summed E-state index contributed by atoms with van der Waals surface area (Å²) >= 11 is 0. The Kier molecular flexibility index (Phi) is 6.04. The van der Waals surface area contributed by atoms with Crippen LogP contribution in [-0.4, -0.2) is 43.2 Å². The fourth-order valence-electron chi connectivity index (χ4n) is 2.04. The van der Waals surface area contributed by atoms with Crippen LogP contribution in [0.4, 0.5) is 30.9 Å². The van der Waals surface area contributed by atoms with Gasteiger partial charge in [0.25, 0.3) is 0 Å². The number of aryl methyl sites for hydroxylation is 1. The van der Waals surface area contributed by atoms with E-state index in [0.717, 1.165) is 24.0 Å². The van der Waals surface area contributed by atoms with Crippen LogP contribution in [0.1, 0.15) is 5.82 Å². The van der Waals surface area contributed by atoms with E-state index in [1.165, 1.54) is 0 Å². The van der Waals surface area contributed by atoms with Crippen LogP contribution in [0, 0.1) is 18.6 Å². The minimum Gasteiger partial charge on any atom is -0.368 e. The number of carbonyl (C=O) groups is 1. The highest BCUT2D eigenvalue weighted by Crippen LogP contribution is 2.13. The second-order valence-corrected chi connectivity index (χ2v) is 5.52. The highest BCUT2D eigenvalue weighted by Gasteiger charge is 2.06. The molecule has 0 fully saturated rings. The summed E-state index contributed by atoms with van der Waals surface area (Å²) in [7, 11) is 3.76. The molecule has 0 radical (unpaired) electrons. The Hall–Kier alpha value is -2.97. The van der Waals surface area contributed by atoms with Crippen LogP contribution < -0.4 is 20.9 Å². The third kappa shape index (κ3) is 5.87. The summed E-state index contributed by atoms with van der Waals surface area (Å²) in [5, 5.41) is 8.02. The molecular formula is C16H20F2N6O. The minimum atomic E-state index is -0.757. The van der Waals surface area contributed by atoms with Crippen molar-refractivity contribution in [3.05, 3.63) is 41.7 Å². The number of nitrogens with one attached hydrogen (secondary N) is 3. The number of carbonyl (C=O) groups excluding carboxylic acids is 1. The summed E-state index contributed by atoms with van der Waals surface area (Å²) in [6.45, 7) is 2.51. The number of urea groups is 1. The van der Waals surface area contributed by atoms with Gasteiger partial charge < -0.3 is 20.9 Å². The van der Waals surface area contributed by atoms with Crippen molar-refractivity contribution < 1.29 is 13.6 Å². The Morgan fingerprint density at radius 3 is 2.40 bits per heavy atom. The lowest BCUT2D eigenvalue weighted by Crippen LogP contribution is -2.32. The van der Waals surface area contributed by atoms with Crippen LogP contribution in [0.15, 0.2) is 24.3 Å². The van der Waals surface area contributed by atoms with Gasteiger partial charge in [0.2, 0.25) is 0 Å². The molecule has 2 aromatic rings. The fraction of sp³-hybridized carbons (Fsp3) is 0.312. The van der Waals surface area contributed by atoms with Gasteiger partial charge in [0.1, 0.15) is 29.1 Å². The van der Waals surface area contributed by atoms with Crippen LogP contribution in [0.3, 0.4) is 0 Å². The number of anilines is 3. The molecular weight excluding hydrogens is 330 g/mol. The Morgan fingerprint density at radius 1 is 1.08 bits per heavy atom. The Labute approximate surface area is 144 Å². The molecule has 1 heterocycles. The van der Waals surface area contributed by atoms with Gasteiger partial charge in [0.15, 0.2) is 0 Å². The molecule has 9 heteroatoms. The lowest BCUT2D eigenvalue weighted by atomic mass is 10.3. The van der Waals surface area contributed by atoms with Crippen molar-refractivity contribution in [1.29, 1.82) is 0 Å². The van der Waals surface area contributed by atoms with Gasteiger partial charge in [-0.2, -0.15) is 0 Å². The molecule has 7 nitrogen and oxygen atoms in total. The third-order valence-corrected chi connectivity index (χ3v) is 3.12. The second kappa shape index (κ2) is 8.22. The third-order valence-electron chi connectivity index (χ3n) is 3.12. The molecule has 0 atom stereocenters. The first-order valence-corrected chi connectivity index (χ1v) is 7.61. The van der Waals surface area contributed by atoms with Gasteiger partial charge in [-0.25, -0.2) is 23.5 Å². The van der Waals surface area contributed by atoms with Crippen LogP contribution in [0.25, 0.3) is 0 Å². The van der Waals surface area contributed by atoms with Crippen molar-refractivity contribution in [2.45, 2.75) is 6.92 Å². The van der Waals surface area contributed by atoms with Crippen LogP contribution in [0.2, 0.25) is 0 Å². The Morgan fingerprint density at radius 2 is 1.76 bits per heavy atom. The van der Waals surface area contributed by atoms with E-state index in [9.17, 15) is 13.6 Å². The van der Waals surface area contributed by atoms with Crippen molar-refractivity contribution in [2.24, 2.45) is 0 Å². The predicted molar refractivity (Wildman–Crippen MR) is 93.0 cm³/mol. The van der Waals surface area contributed by atoms with Gasteiger partial charge in [-0.15, -0.1) is 0 Å². The molecule has 0 aliphatic heterocycles. The van der Waals surface area contributed by atoms with Gasteiger partial charge in [0.05, 0.1) is 0 Å². The van der Waals surface area contributed by atoms with Crippen molar-refractivity contribution in [3.63, 3.8) is 0 Å². The number of amides is 2. The number of benzene rings is 1. The molecule has 0 aliphatic rings. The summed E-state index contributed by atoms with van der Waals surface area (Å²) in [5.74, 6) is 0.535. The minimum absolute atomic E-state index is 0.0463. The van der Waals surface area contributed by atoms with Crippen LogP contribution >= 0.6 is 0 Å². The smallest absolute Gasteiger partial charge is 0.319 e. The van der Waals surface area contributed by atoms with Crippen LogP contribution in [-0.2, 0) is 0 Å². The quantitative estimate of drug-likeness (QED) is 0.697. The average Bonchev–Trinajstić information content (AvgIpc) is 2.50. The lowest BCUT2D eigenvalue weighted by molar-refractivity contribution is 0.252. The van der Waals surface area contributed by atoms with Crippen LogP contribution in [0.5, 0.6) is 0 Å². The van der Waals surface area contributed by atoms with Gasteiger partial charge >= 0.3 is 6.03 Å². The van der Waals surface area contributed by atoms with Crippen molar-refractivity contribution >= 4 is 23.4 Å². The van der Waals surface area contributed by atoms with Crippen molar-refractivity contribution in [3.8, 4) is 0 Å². The number of hydrogen-bond acceptors (Lipinski definition) is 5. The molecule has 0 saturated heterocycles. The fourth-order valence-corrected chi connectivity index (χ4v) is 2.04. The molecule has 134 valence electrons.